The smallest absolute Gasteiger partial charge is 0.0839 e. The molecule has 1 aromatic carbocycles. The lowest BCUT2D eigenvalue weighted by molar-refractivity contribution is 0.305. The third-order valence-electron chi connectivity index (χ3n) is 3.67. The SMILES string of the molecule is CCCCCC(CN(C)C)C(/C=C/c1ccc(Cl)c(Cl)c1)=N/O. The molecule has 0 aliphatic heterocycles. The van der Waals surface area contributed by atoms with Crippen molar-refractivity contribution in [3.05, 3.63) is 39.9 Å². The Bertz CT molecular complexity index is 542. The van der Waals surface area contributed by atoms with Gasteiger partial charge in [0.1, 0.15) is 0 Å². The molecule has 1 rings (SSSR count). The van der Waals surface area contributed by atoms with Gasteiger partial charge in [-0.25, -0.2) is 0 Å². The first kappa shape index (κ1) is 20.0. The van der Waals surface area contributed by atoms with Crippen LogP contribution in [0.2, 0.25) is 10.0 Å². The minimum atomic E-state index is 0.209. The van der Waals surface area contributed by atoms with Gasteiger partial charge in [0.25, 0.3) is 0 Å². The van der Waals surface area contributed by atoms with Crippen molar-refractivity contribution in [3.63, 3.8) is 0 Å². The van der Waals surface area contributed by atoms with Crippen molar-refractivity contribution < 1.29 is 5.21 Å². The van der Waals surface area contributed by atoms with Crippen LogP contribution in [-0.4, -0.2) is 36.5 Å². The first-order valence-corrected chi connectivity index (χ1v) is 8.73. The average Bonchev–Trinajstić information content (AvgIpc) is 2.50. The fourth-order valence-electron chi connectivity index (χ4n) is 2.46. The second kappa shape index (κ2) is 10.7. The quantitative estimate of drug-likeness (QED) is 0.270. The van der Waals surface area contributed by atoms with E-state index in [-0.39, 0.29) is 5.92 Å². The highest BCUT2D eigenvalue weighted by Gasteiger charge is 2.15. The van der Waals surface area contributed by atoms with Crippen LogP contribution in [0.25, 0.3) is 6.08 Å². The summed E-state index contributed by atoms with van der Waals surface area (Å²) in [7, 11) is 4.06. The summed E-state index contributed by atoms with van der Waals surface area (Å²) in [5.41, 5.74) is 1.62. The van der Waals surface area contributed by atoms with Gasteiger partial charge in [-0.05, 0) is 44.3 Å². The van der Waals surface area contributed by atoms with Gasteiger partial charge in [0.2, 0.25) is 0 Å². The van der Waals surface area contributed by atoms with Gasteiger partial charge < -0.3 is 10.1 Å². The normalized spacial score (nSPS) is 13.9. The Hall–Kier alpha value is -1.03. The summed E-state index contributed by atoms with van der Waals surface area (Å²) in [6.07, 6.45) is 8.28. The summed E-state index contributed by atoms with van der Waals surface area (Å²) in [6, 6.07) is 5.45. The number of unbranched alkanes of at least 4 members (excludes halogenated alkanes) is 2. The van der Waals surface area contributed by atoms with E-state index in [1.54, 1.807) is 12.1 Å². The molecule has 0 heterocycles. The Morgan fingerprint density at radius 2 is 2.00 bits per heavy atom. The van der Waals surface area contributed by atoms with E-state index in [2.05, 4.69) is 17.0 Å². The standard InChI is InChI=1S/C18H26Cl2N2O/c1-4-5-6-7-15(13-22(2)3)18(21-23)11-9-14-8-10-16(19)17(20)12-14/h8-12,15,23H,4-7,13H2,1-3H3/b11-9+,21-18+. The zero-order valence-electron chi connectivity index (χ0n) is 14.1. The van der Waals surface area contributed by atoms with Crippen LogP contribution in [0.4, 0.5) is 0 Å². The van der Waals surface area contributed by atoms with Gasteiger partial charge in [0.15, 0.2) is 0 Å². The van der Waals surface area contributed by atoms with Crippen molar-refractivity contribution in [2.24, 2.45) is 11.1 Å². The number of rotatable bonds is 9. The molecule has 0 radical (unpaired) electrons. The second-order valence-electron chi connectivity index (χ2n) is 5.99. The monoisotopic (exact) mass is 356 g/mol. The summed E-state index contributed by atoms with van der Waals surface area (Å²) < 4.78 is 0. The van der Waals surface area contributed by atoms with Crippen LogP contribution in [0.15, 0.2) is 29.4 Å². The van der Waals surface area contributed by atoms with Crippen molar-refractivity contribution in [1.82, 2.24) is 4.90 Å². The zero-order valence-corrected chi connectivity index (χ0v) is 15.6. The van der Waals surface area contributed by atoms with Crippen LogP contribution in [0.1, 0.15) is 38.2 Å². The van der Waals surface area contributed by atoms with Crippen molar-refractivity contribution >= 4 is 35.0 Å². The van der Waals surface area contributed by atoms with E-state index in [0.29, 0.717) is 15.8 Å². The highest BCUT2D eigenvalue weighted by Crippen LogP contribution is 2.23. The largest absolute Gasteiger partial charge is 0.411 e. The van der Waals surface area contributed by atoms with Crippen molar-refractivity contribution in [2.75, 3.05) is 20.6 Å². The summed E-state index contributed by atoms with van der Waals surface area (Å²) in [5.74, 6) is 0.209. The molecule has 0 aliphatic carbocycles. The summed E-state index contributed by atoms with van der Waals surface area (Å²) in [4.78, 5) is 2.12. The van der Waals surface area contributed by atoms with Gasteiger partial charge in [0, 0.05) is 12.5 Å². The number of halogens is 2. The van der Waals surface area contributed by atoms with Gasteiger partial charge in [-0.15, -0.1) is 0 Å². The molecule has 5 heteroatoms. The molecule has 1 aromatic rings. The van der Waals surface area contributed by atoms with E-state index in [1.807, 2.05) is 32.3 Å². The molecule has 0 amide bonds. The topological polar surface area (TPSA) is 35.8 Å². The third kappa shape index (κ3) is 7.38. The molecule has 0 saturated carbocycles. The van der Waals surface area contributed by atoms with Gasteiger partial charge in [-0.1, -0.05) is 66.7 Å². The van der Waals surface area contributed by atoms with Gasteiger partial charge >= 0.3 is 0 Å². The van der Waals surface area contributed by atoms with E-state index < -0.39 is 0 Å². The molecule has 1 unspecified atom stereocenters. The van der Waals surface area contributed by atoms with E-state index in [0.717, 1.165) is 24.9 Å². The van der Waals surface area contributed by atoms with E-state index in [1.165, 1.54) is 12.8 Å². The molecule has 128 valence electrons. The fraction of sp³-hybridized carbons (Fsp3) is 0.500. The fourth-order valence-corrected chi connectivity index (χ4v) is 2.77. The van der Waals surface area contributed by atoms with Crippen molar-refractivity contribution in [3.8, 4) is 0 Å². The van der Waals surface area contributed by atoms with E-state index in [9.17, 15) is 5.21 Å². The summed E-state index contributed by atoms with van der Waals surface area (Å²) >= 11 is 12.0. The lowest BCUT2D eigenvalue weighted by atomic mass is 9.94. The van der Waals surface area contributed by atoms with Crippen LogP contribution < -0.4 is 0 Å². The summed E-state index contributed by atoms with van der Waals surface area (Å²) in [5, 5.41) is 14.0. The van der Waals surface area contributed by atoms with E-state index in [4.69, 9.17) is 23.2 Å². The predicted molar refractivity (Wildman–Crippen MR) is 101 cm³/mol. The predicted octanol–water partition coefficient (Wildman–Crippen LogP) is 5.59. The number of allylic oxidation sites excluding steroid dienone is 1. The number of hydrogen-bond acceptors (Lipinski definition) is 3. The second-order valence-corrected chi connectivity index (χ2v) is 6.80. The average molecular weight is 357 g/mol. The summed E-state index contributed by atoms with van der Waals surface area (Å²) in [6.45, 7) is 3.04. The number of nitrogens with zero attached hydrogens (tertiary/aromatic N) is 2. The molecule has 0 aromatic heterocycles. The lowest BCUT2D eigenvalue weighted by Gasteiger charge is -2.20. The Morgan fingerprint density at radius 3 is 2.57 bits per heavy atom. The van der Waals surface area contributed by atoms with Crippen LogP contribution in [0.5, 0.6) is 0 Å². The Labute approximate surface area is 149 Å². The molecule has 0 bridgehead atoms. The molecular weight excluding hydrogens is 331 g/mol. The maximum atomic E-state index is 9.41. The van der Waals surface area contributed by atoms with Crippen LogP contribution >= 0.6 is 23.2 Å². The molecule has 0 aliphatic rings. The Balaban J connectivity index is 2.84. The molecule has 0 spiro atoms. The molecule has 0 fully saturated rings. The molecular formula is C18H26Cl2N2O. The third-order valence-corrected chi connectivity index (χ3v) is 4.40. The minimum absolute atomic E-state index is 0.209. The molecule has 1 N–H and O–H groups in total. The van der Waals surface area contributed by atoms with Crippen LogP contribution in [0.3, 0.4) is 0 Å². The number of hydrogen-bond donors (Lipinski definition) is 1. The number of benzene rings is 1. The highest BCUT2D eigenvalue weighted by molar-refractivity contribution is 6.42. The molecule has 3 nitrogen and oxygen atoms in total. The maximum Gasteiger partial charge on any atom is 0.0839 e. The number of oxime groups is 1. The van der Waals surface area contributed by atoms with Gasteiger partial charge in [0.05, 0.1) is 15.8 Å². The van der Waals surface area contributed by atoms with Crippen molar-refractivity contribution in [1.29, 1.82) is 0 Å². The van der Waals surface area contributed by atoms with Crippen molar-refractivity contribution in [2.45, 2.75) is 32.6 Å². The highest BCUT2D eigenvalue weighted by atomic mass is 35.5. The zero-order chi connectivity index (χ0) is 17.2. The van der Waals surface area contributed by atoms with E-state index >= 15 is 0 Å². The Kier molecular flexibility index (Phi) is 9.30. The molecule has 0 saturated heterocycles. The molecule has 1 atom stereocenters. The van der Waals surface area contributed by atoms with Gasteiger partial charge in [-0.3, -0.25) is 0 Å². The first-order chi connectivity index (χ1) is 11.0. The van der Waals surface area contributed by atoms with Crippen LogP contribution in [-0.2, 0) is 0 Å². The molecule has 23 heavy (non-hydrogen) atoms. The maximum absolute atomic E-state index is 9.41. The van der Waals surface area contributed by atoms with Crippen LogP contribution in [0, 0.1) is 5.92 Å². The lowest BCUT2D eigenvalue weighted by Crippen LogP contribution is -2.27. The minimum Gasteiger partial charge on any atom is -0.411 e. The first-order valence-electron chi connectivity index (χ1n) is 7.97. The Morgan fingerprint density at radius 1 is 1.26 bits per heavy atom. The van der Waals surface area contributed by atoms with Gasteiger partial charge in [-0.2, -0.15) is 0 Å².